The van der Waals surface area contributed by atoms with Gasteiger partial charge in [-0.15, -0.1) is 0 Å². The third-order valence-corrected chi connectivity index (χ3v) is 3.47. The number of carbonyl (C=O) groups is 1. The Morgan fingerprint density at radius 2 is 1.87 bits per heavy atom. The molecule has 0 spiro atoms. The average Bonchev–Trinajstić information content (AvgIpc) is 2.52. The normalized spacial score (nSPS) is 12.5. The van der Waals surface area contributed by atoms with E-state index in [0.717, 1.165) is 16.3 Å². The van der Waals surface area contributed by atoms with E-state index in [2.05, 4.69) is 19.2 Å². The predicted octanol–water partition coefficient (Wildman–Crippen LogP) is 2.53. The quantitative estimate of drug-likeness (QED) is 0.787. The lowest BCUT2D eigenvalue weighted by molar-refractivity contribution is -0.121. The van der Waals surface area contributed by atoms with Crippen LogP contribution in [0.1, 0.15) is 19.4 Å². The summed E-state index contributed by atoms with van der Waals surface area (Å²) in [6, 6.07) is 14.1. The highest BCUT2D eigenvalue weighted by Gasteiger charge is 2.09. The molecule has 1 atom stereocenters. The van der Waals surface area contributed by atoms with E-state index in [9.17, 15) is 9.90 Å². The van der Waals surface area contributed by atoms with E-state index in [4.69, 9.17) is 4.74 Å². The molecule has 2 rings (SSSR count). The van der Waals surface area contributed by atoms with Gasteiger partial charge in [-0.05, 0) is 22.3 Å². The predicted molar refractivity (Wildman–Crippen MR) is 92.3 cm³/mol. The highest BCUT2D eigenvalue weighted by atomic mass is 16.5. The number of aliphatic hydroxyl groups is 1. The Bertz CT molecular complexity index is 639. The Morgan fingerprint density at radius 1 is 1.13 bits per heavy atom. The second kappa shape index (κ2) is 8.65. The molecule has 0 aliphatic carbocycles. The second-order valence-corrected chi connectivity index (χ2v) is 6.25. The molecule has 2 N–H and O–H groups in total. The molecule has 0 radical (unpaired) electrons. The van der Waals surface area contributed by atoms with E-state index in [1.165, 1.54) is 0 Å². The summed E-state index contributed by atoms with van der Waals surface area (Å²) in [5, 5.41) is 14.8. The molecule has 4 nitrogen and oxygen atoms in total. The first-order valence-corrected chi connectivity index (χ1v) is 8.05. The molecule has 4 heteroatoms. The fourth-order valence-corrected chi connectivity index (χ4v) is 2.33. The molecule has 0 bridgehead atoms. The maximum atomic E-state index is 12.0. The summed E-state index contributed by atoms with van der Waals surface area (Å²) in [5.41, 5.74) is 0.965. The van der Waals surface area contributed by atoms with Crippen molar-refractivity contribution in [3.63, 3.8) is 0 Å². The minimum Gasteiger partial charge on any atom is -0.389 e. The van der Waals surface area contributed by atoms with Crippen molar-refractivity contribution >= 4 is 16.7 Å². The molecule has 23 heavy (non-hydrogen) atoms. The molecule has 0 aromatic heterocycles. The summed E-state index contributed by atoms with van der Waals surface area (Å²) in [5.74, 6) is 0.341. The molecule has 2 aromatic rings. The lowest BCUT2D eigenvalue weighted by Crippen LogP contribution is -2.35. The molecular weight excluding hydrogens is 290 g/mol. The number of nitrogens with one attached hydrogen (secondary N) is 1. The van der Waals surface area contributed by atoms with E-state index >= 15 is 0 Å². The minimum absolute atomic E-state index is 0.0943. The SMILES string of the molecule is CC(C)COCC(O)CNC(=O)Cc1ccc2ccccc2c1. The fraction of sp³-hybridized carbons (Fsp3) is 0.421. The van der Waals surface area contributed by atoms with Crippen LogP contribution >= 0.6 is 0 Å². The van der Waals surface area contributed by atoms with Gasteiger partial charge in [0.25, 0.3) is 0 Å². The monoisotopic (exact) mass is 315 g/mol. The first-order chi connectivity index (χ1) is 11.0. The van der Waals surface area contributed by atoms with Crippen LogP contribution in [0, 0.1) is 5.92 Å². The van der Waals surface area contributed by atoms with Gasteiger partial charge in [0.05, 0.1) is 19.1 Å². The van der Waals surface area contributed by atoms with E-state index in [1.807, 2.05) is 42.5 Å². The van der Waals surface area contributed by atoms with Gasteiger partial charge in [-0.25, -0.2) is 0 Å². The third kappa shape index (κ3) is 6.00. The van der Waals surface area contributed by atoms with Crippen molar-refractivity contribution in [3.05, 3.63) is 48.0 Å². The fourth-order valence-electron chi connectivity index (χ4n) is 2.33. The van der Waals surface area contributed by atoms with Crippen molar-refractivity contribution in [2.45, 2.75) is 26.4 Å². The molecular formula is C19H25NO3. The van der Waals surface area contributed by atoms with Crippen LogP contribution in [-0.4, -0.2) is 36.9 Å². The number of carbonyl (C=O) groups excluding carboxylic acids is 1. The average molecular weight is 315 g/mol. The number of hydrogen-bond acceptors (Lipinski definition) is 3. The number of fused-ring (bicyclic) bond motifs is 1. The van der Waals surface area contributed by atoms with Gasteiger partial charge >= 0.3 is 0 Å². The number of benzene rings is 2. The van der Waals surface area contributed by atoms with Crippen molar-refractivity contribution < 1.29 is 14.6 Å². The maximum absolute atomic E-state index is 12.0. The minimum atomic E-state index is -0.672. The zero-order valence-corrected chi connectivity index (χ0v) is 13.8. The lowest BCUT2D eigenvalue weighted by Gasteiger charge is -2.13. The Morgan fingerprint density at radius 3 is 2.61 bits per heavy atom. The van der Waals surface area contributed by atoms with Gasteiger partial charge in [-0.1, -0.05) is 56.3 Å². The first-order valence-electron chi connectivity index (χ1n) is 8.05. The molecule has 0 heterocycles. The molecule has 0 saturated carbocycles. The molecule has 0 saturated heterocycles. The van der Waals surface area contributed by atoms with Gasteiger partial charge in [0, 0.05) is 13.2 Å². The van der Waals surface area contributed by atoms with Crippen molar-refractivity contribution in [2.75, 3.05) is 19.8 Å². The van der Waals surface area contributed by atoms with Crippen LogP contribution in [0.5, 0.6) is 0 Å². The number of aliphatic hydroxyl groups excluding tert-OH is 1. The van der Waals surface area contributed by atoms with Crippen LogP contribution < -0.4 is 5.32 Å². The molecule has 1 amide bonds. The van der Waals surface area contributed by atoms with E-state index in [0.29, 0.717) is 18.9 Å². The number of amides is 1. The molecule has 0 aliphatic rings. The van der Waals surface area contributed by atoms with Crippen LogP contribution in [0.4, 0.5) is 0 Å². The zero-order valence-electron chi connectivity index (χ0n) is 13.8. The molecule has 1 unspecified atom stereocenters. The highest BCUT2D eigenvalue weighted by Crippen LogP contribution is 2.15. The number of ether oxygens (including phenoxy) is 1. The third-order valence-electron chi connectivity index (χ3n) is 3.47. The summed E-state index contributed by atoms with van der Waals surface area (Å²) in [4.78, 5) is 12.0. The molecule has 0 aliphatic heterocycles. The van der Waals surface area contributed by atoms with Crippen LogP contribution in [0.15, 0.2) is 42.5 Å². The highest BCUT2D eigenvalue weighted by molar-refractivity contribution is 5.85. The van der Waals surface area contributed by atoms with Gasteiger partial charge < -0.3 is 15.2 Å². The second-order valence-electron chi connectivity index (χ2n) is 6.25. The van der Waals surface area contributed by atoms with Crippen LogP contribution in [0.2, 0.25) is 0 Å². The molecule has 2 aromatic carbocycles. The zero-order chi connectivity index (χ0) is 16.7. The largest absolute Gasteiger partial charge is 0.389 e. The number of rotatable bonds is 8. The van der Waals surface area contributed by atoms with Crippen molar-refractivity contribution in [1.82, 2.24) is 5.32 Å². The molecule has 124 valence electrons. The van der Waals surface area contributed by atoms with E-state index < -0.39 is 6.10 Å². The summed E-state index contributed by atoms with van der Waals surface area (Å²) in [7, 11) is 0. The smallest absolute Gasteiger partial charge is 0.224 e. The van der Waals surface area contributed by atoms with Gasteiger partial charge in [0.1, 0.15) is 0 Å². The molecule has 0 fully saturated rings. The van der Waals surface area contributed by atoms with E-state index in [1.54, 1.807) is 0 Å². The standard InChI is InChI=1S/C19H25NO3/c1-14(2)12-23-13-18(21)11-20-19(22)10-15-7-8-16-5-3-4-6-17(16)9-15/h3-9,14,18,21H,10-13H2,1-2H3,(H,20,22). The summed E-state index contributed by atoms with van der Waals surface area (Å²) in [6.07, 6.45) is -0.362. The topological polar surface area (TPSA) is 58.6 Å². The Balaban J connectivity index is 1.77. The van der Waals surface area contributed by atoms with Crippen molar-refractivity contribution in [1.29, 1.82) is 0 Å². The lowest BCUT2D eigenvalue weighted by atomic mass is 10.0. The van der Waals surface area contributed by atoms with Crippen LogP contribution in [-0.2, 0) is 16.0 Å². The van der Waals surface area contributed by atoms with Crippen LogP contribution in [0.25, 0.3) is 10.8 Å². The maximum Gasteiger partial charge on any atom is 0.224 e. The van der Waals surface area contributed by atoms with Crippen molar-refractivity contribution in [3.8, 4) is 0 Å². The van der Waals surface area contributed by atoms with Gasteiger partial charge in [-0.3, -0.25) is 4.79 Å². The van der Waals surface area contributed by atoms with Gasteiger partial charge in [0.15, 0.2) is 0 Å². The Kier molecular flexibility index (Phi) is 6.56. The summed E-state index contributed by atoms with van der Waals surface area (Å²) in [6.45, 7) is 5.18. The summed E-state index contributed by atoms with van der Waals surface area (Å²) >= 11 is 0. The first kappa shape index (κ1) is 17.4. The van der Waals surface area contributed by atoms with E-state index in [-0.39, 0.29) is 19.1 Å². The van der Waals surface area contributed by atoms with Crippen LogP contribution in [0.3, 0.4) is 0 Å². The van der Waals surface area contributed by atoms with Gasteiger partial charge in [0.2, 0.25) is 5.91 Å². The van der Waals surface area contributed by atoms with Gasteiger partial charge in [-0.2, -0.15) is 0 Å². The van der Waals surface area contributed by atoms with Crippen molar-refractivity contribution in [2.24, 2.45) is 5.92 Å². The summed E-state index contributed by atoms with van der Waals surface area (Å²) < 4.78 is 5.35. The Labute approximate surface area is 137 Å². The Hall–Kier alpha value is -1.91. The number of hydrogen-bond donors (Lipinski definition) is 2.